The molecule has 0 heterocycles. The molecular weight excluding hydrogens is 511 g/mol. The number of carboxylic acids is 2. The normalized spacial score (nSPS) is 10.1. The number of carbonyl (C=O) groups is 4. The molecule has 0 atom stereocenters. The standard InChI is InChI=1S/2C7H10O4.2C4H9.Sn/c2*1-5(2)11-7(10)4-3-6(8)9;2*1-3-4-2;/h2*3-5H,1-2H3,(H,8,9);2*1,3-4H2,2H3;/q;;;;+2/p-2/b2*4-3-;;;. The Bertz CT molecular complexity index is 506. The van der Waals surface area contributed by atoms with Crippen LogP contribution in [0.5, 0.6) is 0 Å². The van der Waals surface area contributed by atoms with Gasteiger partial charge >= 0.3 is 81.5 Å². The van der Waals surface area contributed by atoms with Crippen LogP contribution in [0.4, 0.5) is 0 Å². The fourth-order valence-electron chi connectivity index (χ4n) is 1.54. The van der Waals surface area contributed by atoms with Gasteiger partial charge in [0.2, 0.25) is 0 Å². The number of aliphatic carboxylic acids is 2. The van der Waals surface area contributed by atoms with Crippen molar-refractivity contribution in [3.05, 3.63) is 24.3 Å². The van der Waals surface area contributed by atoms with Crippen molar-refractivity contribution in [2.75, 3.05) is 0 Å². The van der Waals surface area contributed by atoms with E-state index in [-0.39, 0.29) is 33.4 Å². The van der Waals surface area contributed by atoms with Crippen molar-refractivity contribution in [1.82, 2.24) is 0 Å². The van der Waals surface area contributed by atoms with Crippen molar-refractivity contribution in [3.63, 3.8) is 0 Å². The average Bonchev–Trinajstić information content (AvgIpc) is 2.65. The Morgan fingerprint density at radius 3 is 1.26 bits per heavy atom. The van der Waals surface area contributed by atoms with E-state index in [0.717, 1.165) is 12.2 Å². The van der Waals surface area contributed by atoms with Gasteiger partial charge in [0.25, 0.3) is 0 Å². The maximum atomic E-state index is 10.6. The summed E-state index contributed by atoms with van der Waals surface area (Å²) in [6.07, 6.45) is 8.24. The topological polar surface area (TPSA) is 133 Å². The van der Waals surface area contributed by atoms with E-state index in [1.807, 2.05) is 0 Å². The zero-order valence-electron chi connectivity index (χ0n) is 19.5. The minimum atomic E-state index is -1.41. The molecular formula is C22H36O8Sn. The molecule has 0 saturated heterocycles. The summed E-state index contributed by atoms with van der Waals surface area (Å²) in [5, 5.41) is 19.6. The summed E-state index contributed by atoms with van der Waals surface area (Å²) in [5.74, 6) is -4.18. The number of rotatable bonds is 12. The van der Waals surface area contributed by atoms with Crippen LogP contribution in [-0.4, -0.2) is 57.2 Å². The van der Waals surface area contributed by atoms with Gasteiger partial charge in [0.1, 0.15) is 0 Å². The Hall–Kier alpha value is -1.84. The third-order valence-electron chi connectivity index (χ3n) is 2.83. The second-order valence-corrected chi connectivity index (χ2v) is 11.0. The number of unbranched alkanes of at least 4 members (excludes halogenated alkanes) is 2. The van der Waals surface area contributed by atoms with E-state index in [0.29, 0.717) is 12.2 Å². The molecule has 0 aromatic rings. The predicted octanol–water partition coefficient (Wildman–Crippen LogP) is 1.62. The quantitative estimate of drug-likeness (QED) is 0.156. The minimum absolute atomic E-state index is 0.149. The van der Waals surface area contributed by atoms with Crippen molar-refractivity contribution in [2.24, 2.45) is 0 Å². The third-order valence-corrected chi connectivity index (χ3v) is 6.87. The van der Waals surface area contributed by atoms with E-state index in [2.05, 4.69) is 23.3 Å². The van der Waals surface area contributed by atoms with E-state index in [9.17, 15) is 29.4 Å². The van der Waals surface area contributed by atoms with E-state index >= 15 is 0 Å². The van der Waals surface area contributed by atoms with Crippen molar-refractivity contribution >= 4 is 45.0 Å². The van der Waals surface area contributed by atoms with Crippen LogP contribution < -0.4 is 10.2 Å². The van der Waals surface area contributed by atoms with Gasteiger partial charge in [-0.2, -0.15) is 0 Å². The Morgan fingerprint density at radius 1 is 0.710 bits per heavy atom. The van der Waals surface area contributed by atoms with Crippen LogP contribution in [0, 0.1) is 0 Å². The number of esters is 2. The molecule has 0 amide bonds. The summed E-state index contributed by atoms with van der Waals surface area (Å²) < 4.78 is 12.4. The molecule has 8 nitrogen and oxygen atoms in total. The molecule has 176 valence electrons. The van der Waals surface area contributed by atoms with Crippen LogP contribution >= 0.6 is 0 Å². The SMILES string of the molecule is CC(C)OC(=O)/C=C\C(=O)[O-].CC(C)OC(=O)/C=C\C(=O)[O-].CCC[CH2][Sn+2][CH2]CCC. The van der Waals surface area contributed by atoms with Crippen LogP contribution in [0.15, 0.2) is 24.3 Å². The molecule has 0 aliphatic heterocycles. The molecule has 31 heavy (non-hydrogen) atoms. The first-order chi connectivity index (χ1) is 14.5. The fraction of sp³-hybridized carbons (Fsp3) is 0.636. The molecule has 0 bridgehead atoms. The molecule has 0 N–H and O–H groups in total. The molecule has 0 aliphatic rings. The number of carboxylic acid groups (broad SMARTS) is 2. The molecule has 0 aromatic carbocycles. The van der Waals surface area contributed by atoms with E-state index in [1.54, 1.807) is 36.6 Å². The number of hydrogen-bond donors (Lipinski definition) is 0. The van der Waals surface area contributed by atoms with Gasteiger partial charge in [0, 0.05) is 12.2 Å². The van der Waals surface area contributed by atoms with Crippen molar-refractivity contribution in [1.29, 1.82) is 0 Å². The number of carbonyl (C=O) groups excluding carboxylic acids is 4. The van der Waals surface area contributed by atoms with E-state index < -0.39 is 23.9 Å². The van der Waals surface area contributed by atoms with Gasteiger partial charge < -0.3 is 29.3 Å². The van der Waals surface area contributed by atoms with Crippen molar-refractivity contribution < 1.29 is 38.9 Å². The van der Waals surface area contributed by atoms with E-state index in [1.165, 1.54) is 25.7 Å². The van der Waals surface area contributed by atoms with Gasteiger partial charge in [-0.1, -0.05) is 0 Å². The molecule has 0 radical (unpaired) electrons. The second kappa shape index (κ2) is 24.4. The molecule has 0 unspecified atom stereocenters. The Balaban J connectivity index is -0.000000382. The second-order valence-electron chi connectivity index (χ2n) is 6.73. The van der Waals surface area contributed by atoms with Crippen LogP contribution in [0.3, 0.4) is 0 Å². The van der Waals surface area contributed by atoms with Gasteiger partial charge in [-0.05, 0) is 39.8 Å². The molecule has 0 saturated carbocycles. The fourth-order valence-corrected chi connectivity index (χ4v) is 5.70. The molecule has 0 spiro atoms. The zero-order chi connectivity index (χ0) is 24.7. The monoisotopic (exact) mass is 548 g/mol. The summed E-state index contributed by atoms with van der Waals surface area (Å²) in [6.45, 7) is 11.3. The third kappa shape index (κ3) is 39.2. The average molecular weight is 547 g/mol. The van der Waals surface area contributed by atoms with Crippen molar-refractivity contribution in [3.8, 4) is 0 Å². The molecule has 9 heteroatoms. The predicted molar refractivity (Wildman–Crippen MR) is 116 cm³/mol. The van der Waals surface area contributed by atoms with Gasteiger partial charge in [-0.15, -0.1) is 0 Å². The van der Waals surface area contributed by atoms with Crippen LogP contribution in [0.25, 0.3) is 0 Å². The Kier molecular flexibility index (Phi) is 26.6. The molecule has 0 aliphatic carbocycles. The summed E-state index contributed by atoms with van der Waals surface area (Å²) in [5.41, 5.74) is 0. The Morgan fingerprint density at radius 2 is 1.03 bits per heavy atom. The molecule has 0 fully saturated rings. The number of ether oxygens (including phenoxy) is 2. The van der Waals surface area contributed by atoms with Gasteiger partial charge in [0.05, 0.1) is 24.1 Å². The van der Waals surface area contributed by atoms with E-state index in [4.69, 9.17) is 0 Å². The maximum absolute atomic E-state index is 10.6. The zero-order valence-corrected chi connectivity index (χ0v) is 22.3. The van der Waals surface area contributed by atoms with Crippen LogP contribution in [0.2, 0.25) is 8.87 Å². The first-order valence-corrected chi connectivity index (χ1v) is 14.4. The summed E-state index contributed by atoms with van der Waals surface area (Å²) >= 11 is 0.149. The van der Waals surface area contributed by atoms with Crippen molar-refractivity contribution in [2.45, 2.75) is 88.3 Å². The summed E-state index contributed by atoms with van der Waals surface area (Å²) in [6, 6.07) is 0. The first-order valence-electron chi connectivity index (χ1n) is 10.4. The molecule has 0 rings (SSSR count). The van der Waals surface area contributed by atoms with Gasteiger partial charge in [-0.3, -0.25) is 0 Å². The van der Waals surface area contributed by atoms with Crippen LogP contribution in [-0.2, 0) is 28.7 Å². The van der Waals surface area contributed by atoms with Crippen LogP contribution in [0.1, 0.15) is 67.2 Å². The van der Waals surface area contributed by atoms with Gasteiger partial charge in [0.15, 0.2) is 0 Å². The Labute approximate surface area is 196 Å². The first kappa shape index (κ1) is 33.8. The summed E-state index contributed by atoms with van der Waals surface area (Å²) in [7, 11) is 0. The number of hydrogen-bond acceptors (Lipinski definition) is 8. The summed E-state index contributed by atoms with van der Waals surface area (Å²) in [4.78, 5) is 40.7. The van der Waals surface area contributed by atoms with Gasteiger partial charge in [-0.25, -0.2) is 9.59 Å². The molecule has 0 aromatic heterocycles.